The number of phenolic OH excluding ortho intramolecular Hbond substituents is 25. The minimum Gasteiger partial charge on any atom is -0.504 e. The van der Waals surface area contributed by atoms with Crippen molar-refractivity contribution in [1.29, 1.82) is 0 Å². The van der Waals surface area contributed by atoms with Crippen molar-refractivity contribution >= 4 is 59.5 Å². The second-order valence-corrected chi connectivity index (χ2v) is 25.6. The number of benzene rings is 10. The Morgan fingerprint density at radius 1 is 0.230 bits per heavy atom. The smallest absolute Gasteiger partial charge is 0.343 e. The first-order chi connectivity index (χ1) is 57.4. The molecular formula is C77H54O45. The van der Waals surface area contributed by atoms with Crippen LogP contribution in [0.25, 0.3) is 0 Å². The molecule has 45 heteroatoms. The number of hydrogen-bond donors (Lipinski definition) is 25. The average molecular weight is 1700 g/mol. The number of rotatable bonds is 22. The fourth-order valence-corrected chi connectivity index (χ4v) is 11.3. The SMILES string of the molecule is O=C(C[C@@H]1C(OC(=O)c2cc(O)c(O)c(OC(=O)c3cc(O)c(O)c(O)c3)c2)C(OC(=O)c2cc(O)c(O)c(OC(=O)c3cc(O)c(O)c(O)c3)c2)O[C@H](COC(=O)c2cc(O)c(O)c(OC(=O)c3cc(O)c(O)c(O)c3)c2)C1OC(=O)c1cc(O)c(O)c(OC(=O)c2cc(O)c(O)c(O)c2)c1)c1cc(O)c(O)c(OC(=O)c2cc(O)c(O)c(O)c2)c1. The predicted molar refractivity (Wildman–Crippen MR) is 386 cm³/mol. The van der Waals surface area contributed by atoms with Crippen LogP contribution in [0.1, 0.15) is 110 Å². The van der Waals surface area contributed by atoms with Crippen LogP contribution in [0.2, 0.25) is 0 Å². The number of esters is 9. The van der Waals surface area contributed by atoms with Crippen LogP contribution in [0.4, 0.5) is 0 Å². The number of Topliss-reactive ketones (excluding diaryl/α,β-unsaturated/α-hetero) is 1. The molecule has 0 amide bonds. The molecule has 632 valence electrons. The summed E-state index contributed by atoms with van der Waals surface area (Å²) >= 11 is 0. The van der Waals surface area contributed by atoms with Crippen LogP contribution < -0.4 is 23.7 Å². The van der Waals surface area contributed by atoms with E-state index in [4.69, 9.17) is 47.4 Å². The minimum absolute atomic E-state index is 0.342. The van der Waals surface area contributed by atoms with Crippen LogP contribution in [-0.4, -0.2) is 218 Å². The molecule has 0 aromatic heterocycles. The highest BCUT2D eigenvalue weighted by Gasteiger charge is 2.54. The second-order valence-electron chi connectivity index (χ2n) is 25.6. The van der Waals surface area contributed by atoms with Crippen molar-refractivity contribution in [2.24, 2.45) is 5.92 Å². The molecule has 1 heterocycles. The van der Waals surface area contributed by atoms with Crippen molar-refractivity contribution in [3.8, 4) is 172 Å². The van der Waals surface area contributed by atoms with Gasteiger partial charge in [0, 0.05) is 17.9 Å². The molecule has 0 radical (unpaired) electrons. The van der Waals surface area contributed by atoms with Gasteiger partial charge in [0.05, 0.1) is 50.1 Å². The fraction of sp³-hybridized carbons (Fsp3) is 0.0909. The highest BCUT2D eigenvalue weighted by Crippen LogP contribution is 2.48. The van der Waals surface area contributed by atoms with Gasteiger partial charge in [-0.15, -0.1) is 0 Å². The van der Waals surface area contributed by atoms with Crippen molar-refractivity contribution in [1.82, 2.24) is 0 Å². The van der Waals surface area contributed by atoms with Gasteiger partial charge >= 0.3 is 53.7 Å². The Bertz CT molecular complexity index is 5970. The summed E-state index contributed by atoms with van der Waals surface area (Å²) in [5.41, 5.74) is -9.39. The Labute approximate surface area is 673 Å². The van der Waals surface area contributed by atoms with Crippen LogP contribution in [0.5, 0.6) is 172 Å². The number of ether oxygens (including phenoxy) is 10. The van der Waals surface area contributed by atoms with Gasteiger partial charge in [-0.3, -0.25) is 4.79 Å². The molecule has 10 aromatic carbocycles. The zero-order valence-corrected chi connectivity index (χ0v) is 60.2. The molecule has 10 aromatic rings. The van der Waals surface area contributed by atoms with E-state index in [0.29, 0.717) is 121 Å². The number of carbonyl (C=O) groups is 10. The first kappa shape index (κ1) is 85.0. The van der Waals surface area contributed by atoms with Crippen LogP contribution in [-0.2, 0) is 23.7 Å². The molecule has 1 fully saturated rings. The lowest BCUT2D eigenvalue weighted by Crippen LogP contribution is -2.59. The number of ketones is 1. The Balaban J connectivity index is 1.09. The van der Waals surface area contributed by atoms with E-state index in [1.165, 1.54) is 0 Å². The molecule has 0 spiro atoms. The molecule has 122 heavy (non-hydrogen) atoms. The average Bonchev–Trinajstić information content (AvgIpc) is 0.762. The maximum absolute atomic E-state index is 15.5. The van der Waals surface area contributed by atoms with Crippen molar-refractivity contribution in [2.75, 3.05) is 6.61 Å². The van der Waals surface area contributed by atoms with Crippen molar-refractivity contribution in [2.45, 2.75) is 31.0 Å². The third-order valence-electron chi connectivity index (χ3n) is 17.4. The van der Waals surface area contributed by atoms with E-state index >= 15 is 19.2 Å². The molecular weight excluding hydrogens is 1640 g/mol. The Morgan fingerprint density at radius 2 is 0.426 bits per heavy atom. The molecule has 0 bridgehead atoms. The van der Waals surface area contributed by atoms with Crippen molar-refractivity contribution < 1.29 is 223 Å². The normalized spacial score (nSPS) is 14.7. The predicted octanol–water partition coefficient (Wildman–Crippen LogP) is 5.50. The molecule has 1 aliphatic rings. The monoisotopic (exact) mass is 1700 g/mol. The van der Waals surface area contributed by atoms with Crippen LogP contribution in [0.15, 0.2) is 121 Å². The van der Waals surface area contributed by atoms with Crippen LogP contribution in [0, 0.1) is 5.92 Å². The molecule has 0 aliphatic carbocycles. The van der Waals surface area contributed by atoms with Gasteiger partial charge in [-0.1, -0.05) is 0 Å². The Morgan fingerprint density at radius 3 is 0.680 bits per heavy atom. The molecule has 11 rings (SSSR count). The van der Waals surface area contributed by atoms with E-state index in [1.54, 1.807) is 0 Å². The summed E-state index contributed by atoms with van der Waals surface area (Å²) in [5.74, 6) is -57.0. The molecule has 0 saturated carbocycles. The summed E-state index contributed by atoms with van der Waals surface area (Å²) in [4.78, 5) is 143. The van der Waals surface area contributed by atoms with Gasteiger partial charge in [-0.05, 0) is 121 Å². The molecule has 45 nitrogen and oxygen atoms in total. The highest BCUT2D eigenvalue weighted by molar-refractivity contribution is 6.01. The molecule has 3 unspecified atom stereocenters. The zero-order chi connectivity index (χ0) is 89.4. The topological polar surface area (TPSA) is 769 Å². The summed E-state index contributed by atoms with van der Waals surface area (Å²) in [6, 6.07) is 9.23. The van der Waals surface area contributed by atoms with Crippen molar-refractivity contribution in [3.63, 3.8) is 0 Å². The first-order valence-electron chi connectivity index (χ1n) is 33.5. The lowest BCUT2D eigenvalue weighted by Gasteiger charge is -2.44. The summed E-state index contributed by atoms with van der Waals surface area (Å²) in [6.07, 6.45) is -12.9. The van der Waals surface area contributed by atoms with E-state index in [0.717, 1.165) is 0 Å². The molecule has 1 saturated heterocycles. The first-order valence-corrected chi connectivity index (χ1v) is 33.5. The third-order valence-corrected chi connectivity index (χ3v) is 17.4. The highest BCUT2D eigenvalue weighted by atomic mass is 16.7. The van der Waals surface area contributed by atoms with E-state index in [9.17, 15) is 156 Å². The lowest BCUT2D eigenvalue weighted by molar-refractivity contribution is -0.270. The zero-order valence-electron chi connectivity index (χ0n) is 60.2. The van der Waals surface area contributed by atoms with E-state index < -0.39 is 331 Å². The van der Waals surface area contributed by atoms with Gasteiger partial charge in [0.25, 0.3) is 0 Å². The number of phenols is 25. The quantitative estimate of drug-likeness (QED) is 0.0131. The fourth-order valence-electron chi connectivity index (χ4n) is 11.3. The van der Waals surface area contributed by atoms with E-state index in [2.05, 4.69) is 0 Å². The maximum Gasteiger partial charge on any atom is 0.343 e. The van der Waals surface area contributed by atoms with Gasteiger partial charge in [0.1, 0.15) is 18.8 Å². The largest absolute Gasteiger partial charge is 0.504 e. The second kappa shape index (κ2) is 33.5. The number of aromatic hydroxyl groups is 25. The third kappa shape index (κ3) is 17.6. The van der Waals surface area contributed by atoms with Gasteiger partial charge in [0.2, 0.25) is 35.0 Å². The summed E-state index contributed by atoms with van der Waals surface area (Å²) < 4.78 is 55.1. The van der Waals surface area contributed by atoms with Gasteiger partial charge < -0.3 is 175 Å². The van der Waals surface area contributed by atoms with Gasteiger partial charge in [-0.2, -0.15) is 0 Å². The standard InChI is InChI=1S/C77H54O45/c78-34(23-1-45(89)61(99)50(16-23)114-69(105)24-2-35(79)56(94)36(80)3-24)21-33-66(120-74(110)30-13-47(91)63(101)52(18-30)116-71(107)26-6-39(83)58(96)40(84)7-26)55(22-113-68(104)29-12-46(90)62(100)51(17-29)115-70(106)25-4-37(81)57(95)38(82)5-25)119-77(122-76(112)32-15-49(93)65(103)54(20-32)118-73(109)28-10-43(87)60(98)44(88)11-28)67(33)121-75(111)31-14-48(92)64(102)53(19-31)117-72(108)27-8-41(85)59(97)42(86)9-27/h1-20,33,55,66-67,77,79-103H,21-22H2/t33-,55+,66?,67?,77?/m0/s1. The van der Waals surface area contributed by atoms with E-state index in [-0.39, 0.29) is 0 Å². The van der Waals surface area contributed by atoms with Crippen LogP contribution >= 0.6 is 0 Å². The lowest BCUT2D eigenvalue weighted by atomic mass is 9.83. The van der Waals surface area contributed by atoms with Crippen molar-refractivity contribution in [3.05, 3.63) is 177 Å². The van der Waals surface area contributed by atoms with Crippen LogP contribution in [0.3, 0.4) is 0 Å². The summed E-state index contributed by atoms with van der Waals surface area (Å²) in [6.45, 7) is -1.63. The maximum atomic E-state index is 15.5. The number of hydrogen-bond acceptors (Lipinski definition) is 45. The minimum atomic E-state index is -2.99. The summed E-state index contributed by atoms with van der Waals surface area (Å²) in [7, 11) is 0. The molecule has 5 atom stereocenters. The van der Waals surface area contributed by atoms with E-state index in [1.807, 2.05) is 0 Å². The summed E-state index contributed by atoms with van der Waals surface area (Å²) in [5, 5.41) is 262. The number of carbonyl (C=O) groups excluding carboxylic acids is 10. The Kier molecular flexibility index (Phi) is 23.3. The Hall–Kier alpha value is -17.9. The van der Waals surface area contributed by atoms with Gasteiger partial charge in [0.15, 0.2) is 156 Å². The molecule has 1 aliphatic heterocycles. The van der Waals surface area contributed by atoms with Gasteiger partial charge in [-0.25, -0.2) is 43.2 Å². The molecule has 25 N–H and O–H groups in total.